The highest BCUT2D eigenvalue weighted by Gasteiger charge is 2.31. The third-order valence-corrected chi connectivity index (χ3v) is 3.90. The minimum Gasteiger partial charge on any atom is -0.480 e. The van der Waals surface area contributed by atoms with Crippen molar-refractivity contribution in [3.05, 3.63) is 0 Å². The summed E-state index contributed by atoms with van der Waals surface area (Å²) in [6.07, 6.45) is 4.80. The average Bonchev–Trinajstić information content (AvgIpc) is 2.96. The number of ether oxygens (including phenoxy) is 2. The molecule has 0 aromatic carbocycles. The number of aliphatic carboxylic acids is 1. The van der Waals surface area contributed by atoms with Crippen LogP contribution in [0.5, 0.6) is 0 Å². The first kappa shape index (κ1) is 15.3. The maximum absolute atomic E-state index is 12.1. The number of rotatable bonds is 6. The number of carboxylic acids is 1. The number of carboxylic acid groups (broad SMARTS) is 1. The van der Waals surface area contributed by atoms with Gasteiger partial charge in [-0.1, -0.05) is 0 Å². The number of nitrogens with zero attached hydrogens (tertiary/aromatic N) is 1. The third kappa shape index (κ3) is 4.18. The van der Waals surface area contributed by atoms with E-state index in [1.807, 2.05) is 0 Å². The van der Waals surface area contributed by atoms with E-state index in [0.29, 0.717) is 26.2 Å². The van der Waals surface area contributed by atoms with Crippen LogP contribution in [0.1, 0.15) is 38.5 Å². The fraction of sp³-hybridized carbons (Fsp3) is 0.857. The van der Waals surface area contributed by atoms with E-state index in [2.05, 4.69) is 0 Å². The molecule has 0 saturated carbocycles. The van der Waals surface area contributed by atoms with E-state index in [9.17, 15) is 9.59 Å². The Morgan fingerprint density at radius 3 is 2.80 bits per heavy atom. The zero-order valence-corrected chi connectivity index (χ0v) is 11.8. The number of hydrogen-bond acceptors (Lipinski definition) is 4. The molecule has 20 heavy (non-hydrogen) atoms. The molecular formula is C14H23NO5. The molecule has 0 radical (unpaired) electrons. The van der Waals surface area contributed by atoms with E-state index in [1.54, 1.807) is 0 Å². The van der Waals surface area contributed by atoms with Crippen molar-refractivity contribution in [2.24, 2.45) is 0 Å². The van der Waals surface area contributed by atoms with Crippen molar-refractivity contribution in [2.45, 2.75) is 50.7 Å². The van der Waals surface area contributed by atoms with Crippen LogP contribution in [0.15, 0.2) is 0 Å². The molecule has 1 unspecified atom stereocenters. The first-order chi connectivity index (χ1) is 9.68. The van der Waals surface area contributed by atoms with Crippen molar-refractivity contribution >= 4 is 11.9 Å². The van der Waals surface area contributed by atoms with Crippen molar-refractivity contribution < 1.29 is 24.2 Å². The third-order valence-electron chi connectivity index (χ3n) is 3.90. The number of hydrogen-bond donors (Lipinski definition) is 1. The van der Waals surface area contributed by atoms with Crippen molar-refractivity contribution in [3.63, 3.8) is 0 Å². The summed E-state index contributed by atoms with van der Waals surface area (Å²) in [7, 11) is 0. The van der Waals surface area contributed by atoms with E-state index in [4.69, 9.17) is 14.6 Å². The van der Waals surface area contributed by atoms with Gasteiger partial charge < -0.3 is 19.5 Å². The van der Waals surface area contributed by atoms with Gasteiger partial charge in [-0.15, -0.1) is 0 Å². The van der Waals surface area contributed by atoms with Gasteiger partial charge in [0.15, 0.2) is 0 Å². The van der Waals surface area contributed by atoms with E-state index in [0.717, 1.165) is 32.3 Å². The normalized spacial score (nSPS) is 26.7. The Kier molecular flexibility index (Phi) is 5.79. The zero-order chi connectivity index (χ0) is 14.4. The second-order valence-electron chi connectivity index (χ2n) is 5.40. The van der Waals surface area contributed by atoms with Gasteiger partial charge in [0.25, 0.3) is 0 Å². The van der Waals surface area contributed by atoms with Crippen LogP contribution in [0.4, 0.5) is 0 Å². The Morgan fingerprint density at radius 2 is 2.10 bits per heavy atom. The van der Waals surface area contributed by atoms with Crippen molar-refractivity contribution in [1.29, 1.82) is 0 Å². The fourth-order valence-corrected chi connectivity index (χ4v) is 2.78. The van der Waals surface area contributed by atoms with Gasteiger partial charge in [-0.05, 0) is 32.1 Å². The lowest BCUT2D eigenvalue weighted by atomic mass is 10.0. The van der Waals surface area contributed by atoms with Crippen LogP contribution in [0.3, 0.4) is 0 Å². The van der Waals surface area contributed by atoms with Crippen LogP contribution >= 0.6 is 0 Å². The standard InChI is InChI=1S/C14H23NO5/c16-13(6-9-19-10-11-4-3-8-20-11)15-7-2-1-5-12(15)14(17)18/h11-12H,1-10H2,(H,17,18)/t11?,12-/m1/s1. The number of carbonyl (C=O) groups is 2. The predicted molar refractivity (Wildman–Crippen MR) is 71.4 cm³/mol. The highest BCUT2D eigenvalue weighted by molar-refractivity contribution is 5.83. The smallest absolute Gasteiger partial charge is 0.326 e. The van der Waals surface area contributed by atoms with Gasteiger partial charge in [0.2, 0.25) is 5.91 Å². The van der Waals surface area contributed by atoms with Crippen LogP contribution in [0, 0.1) is 0 Å². The molecule has 1 N–H and O–H groups in total. The van der Waals surface area contributed by atoms with E-state index in [-0.39, 0.29) is 18.4 Å². The molecule has 0 aliphatic carbocycles. The van der Waals surface area contributed by atoms with E-state index < -0.39 is 12.0 Å². The van der Waals surface area contributed by atoms with Gasteiger partial charge >= 0.3 is 5.97 Å². The van der Waals surface area contributed by atoms with Gasteiger partial charge in [0.05, 0.1) is 25.7 Å². The largest absolute Gasteiger partial charge is 0.480 e. The Balaban J connectivity index is 1.68. The quantitative estimate of drug-likeness (QED) is 0.738. The van der Waals surface area contributed by atoms with Crippen LogP contribution in [0.2, 0.25) is 0 Å². The van der Waals surface area contributed by atoms with Gasteiger partial charge in [0, 0.05) is 13.2 Å². The first-order valence-electron chi connectivity index (χ1n) is 7.40. The summed E-state index contributed by atoms with van der Waals surface area (Å²) in [6, 6.07) is -0.658. The van der Waals surface area contributed by atoms with Gasteiger partial charge in [0.1, 0.15) is 6.04 Å². The Hall–Kier alpha value is -1.14. The molecule has 2 saturated heterocycles. The Labute approximate surface area is 119 Å². The summed E-state index contributed by atoms with van der Waals surface area (Å²) in [5.74, 6) is -1.03. The molecule has 2 aliphatic heterocycles. The summed E-state index contributed by atoms with van der Waals surface area (Å²) in [4.78, 5) is 24.7. The molecule has 6 heteroatoms. The number of carbonyl (C=O) groups excluding carboxylic acids is 1. The molecule has 2 rings (SSSR count). The van der Waals surface area contributed by atoms with Crippen LogP contribution in [-0.2, 0) is 19.1 Å². The molecule has 6 nitrogen and oxygen atoms in total. The molecule has 2 heterocycles. The number of piperidine rings is 1. The Bertz CT molecular complexity index is 340. The first-order valence-corrected chi connectivity index (χ1v) is 7.40. The minimum atomic E-state index is -0.904. The van der Waals surface area contributed by atoms with Crippen molar-refractivity contribution in [2.75, 3.05) is 26.4 Å². The molecule has 2 aliphatic rings. The topological polar surface area (TPSA) is 76.1 Å². The second kappa shape index (κ2) is 7.59. The Morgan fingerprint density at radius 1 is 1.25 bits per heavy atom. The molecular weight excluding hydrogens is 262 g/mol. The highest BCUT2D eigenvalue weighted by Crippen LogP contribution is 2.18. The highest BCUT2D eigenvalue weighted by atomic mass is 16.5. The van der Waals surface area contributed by atoms with Crippen LogP contribution in [-0.4, -0.2) is 60.4 Å². The van der Waals surface area contributed by atoms with Crippen molar-refractivity contribution in [1.82, 2.24) is 4.90 Å². The molecule has 114 valence electrons. The second-order valence-corrected chi connectivity index (χ2v) is 5.40. The number of likely N-dealkylation sites (tertiary alicyclic amines) is 1. The van der Waals surface area contributed by atoms with Gasteiger partial charge in [-0.3, -0.25) is 4.79 Å². The summed E-state index contributed by atoms with van der Waals surface area (Å²) < 4.78 is 10.9. The summed E-state index contributed by atoms with van der Waals surface area (Å²) >= 11 is 0. The molecule has 0 aromatic rings. The van der Waals surface area contributed by atoms with Gasteiger partial charge in [-0.2, -0.15) is 0 Å². The maximum atomic E-state index is 12.1. The lowest BCUT2D eigenvalue weighted by Crippen LogP contribution is -2.48. The molecule has 0 spiro atoms. The summed E-state index contributed by atoms with van der Waals surface area (Å²) in [5, 5.41) is 9.13. The van der Waals surface area contributed by atoms with Crippen LogP contribution < -0.4 is 0 Å². The zero-order valence-electron chi connectivity index (χ0n) is 11.8. The van der Waals surface area contributed by atoms with E-state index in [1.165, 1.54) is 4.90 Å². The maximum Gasteiger partial charge on any atom is 0.326 e. The monoisotopic (exact) mass is 285 g/mol. The SMILES string of the molecule is O=C(O)[C@H]1CCCCN1C(=O)CCOCC1CCCO1. The minimum absolute atomic E-state index is 0.121. The lowest BCUT2D eigenvalue weighted by molar-refractivity contribution is -0.152. The van der Waals surface area contributed by atoms with Gasteiger partial charge in [-0.25, -0.2) is 4.79 Å². The lowest BCUT2D eigenvalue weighted by Gasteiger charge is -2.33. The number of amides is 1. The average molecular weight is 285 g/mol. The van der Waals surface area contributed by atoms with E-state index >= 15 is 0 Å². The molecule has 1 amide bonds. The summed E-state index contributed by atoms with van der Waals surface area (Å²) in [6.45, 7) is 2.19. The van der Waals surface area contributed by atoms with Crippen LogP contribution in [0.25, 0.3) is 0 Å². The predicted octanol–water partition coefficient (Wildman–Crippen LogP) is 1.04. The molecule has 0 bridgehead atoms. The summed E-state index contributed by atoms with van der Waals surface area (Å²) in [5.41, 5.74) is 0. The molecule has 2 atom stereocenters. The van der Waals surface area contributed by atoms with Crippen molar-refractivity contribution in [3.8, 4) is 0 Å². The molecule has 2 fully saturated rings. The fourth-order valence-electron chi connectivity index (χ4n) is 2.78. The molecule has 0 aromatic heterocycles.